The molecule has 4 N–H and O–H groups in total. The molecule has 2 aromatic heterocycles. The molecule has 0 unspecified atom stereocenters. The van der Waals surface area contributed by atoms with Gasteiger partial charge < -0.3 is 5.32 Å². The van der Waals surface area contributed by atoms with Gasteiger partial charge in [-0.1, -0.05) is 25.7 Å². The quantitative estimate of drug-likeness (QED) is 0.172. The first-order valence-electron chi connectivity index (χ1n) is 9.91. The highest BCUT2D eigenvalue weighted by molar-refractivity contribution is 7.07. The van der Waals surface area contributed by atoms with Crippen LogP contribution in [-0.2, 0) is 16.1 Å². The third-order valence-electron chi connectivity index (χ3n) is 5.16. The van der Waals surface area contributed by atoms with Crippen molar-refractivity contribution < 1.29 is 19.2 Å². The second-order valence-electron chi connectivity index (χ2n) is 7.41. The summed E-state index contributed by atoms with van der Waals surface area (Å²) in [5.74, 6) is -2.01. The van der Waals surface area contributed by atoms with Gasteiger partial charge in [0.05, 0.1) is 12.5 Å². The van der Waals surface area contributed by atoms with Crippen molar-refractivity contribution in [2.75, 3.05) is 17.3 Å². The number of hydrogen-bond acceptors (Lipinski definition) is 8. The molecule has 1 atom stereocenters. The van der Waals surface area contributed by atoms with E-state index < -0.39 is 17.6 Å². The number of carbonyl (C=O) groups is 2. The van der Waals surface area contributed by atoms with E-state index in [-0.39, 0.29) is 29.9 Å². The number of hydrazine groups is 1. The van der Waals surface area contributed by atoms with E-state index in [0.717, 1.165) is 31.2 Å². The number of anilines is 2. The van der Waals surface area contributed by atoms with Crippen LogP contribution >= 0.6 is 22.9 Å². The van der Waals surface area contributed by atoms with Crippen molar-refractivity contribution in [2.24, 2.45) is 11.8 Å². The Hall–Kier alpha value is -2.50. The number of hydroxylamine groups is 2. The van der Waals surface area contributed by atoms with Gasteiger partial charge in [-0.05, 0) is 46.3 Å². The van der Waals surface area contributed by atoms with Crippen LogP contribution in [0.5, 0.6) is 0 Å². The van der Waals surface area contributed by atoms with Crippen LogP contribution in [0, 0.1) is 17.7 Å². The third-order valence-corrected chi connectivity index (χ3v) is 6.06. The molecule has 0 saturated heterocycles. The Kier molecular flexibility index (Phi) is 8.38. The fourth-order valence-corrected chi connectivity index (χ4v) is 4.44. The molecule has 0 aliphatic heterocycles. The number of nitrogens with one attached hydrogen (secondary N) is 3. The van der Waals surface area contributed by atoms with Crippen LogP contribution in [0.2, 0.25) is 5.28 Å². The largest absolute Gasteiger partial charge is 0.363 e. The van der Waals surface area contributed by atoms with Gasteiger partial charge in [0.25, 0.3) is 0 Å². The molecular weight excluding hydrogens is 447 g/mol. The van der Waals surface area contributed by atoms with Crippen LogP contribution in [0.15, 0.2) is 16.8 Å². The Morgan fingerprint density at radius 2 is 2.13 bits per heavy atom. The van der Waals surface area contributed by atoms with Crippen LogP contribution in [0.25, 0.3) is 0 Å². The summed E-state index contributed by atoms with van der Waals surface area (Å²) in [4.78, 5) is 31.1. The number of thiophene rings is 1. The predicted octanol–water partition coefficient (Wildman–Crippen LogP) is 3.43. The number of carbonyl (C=O) groups excluding carboxylic acids is 2. The molecule has 168 valence electrons. The second-order valence-corrected chi connectivity index (χ2v) is 8.53. The summed E-state index contributed by atoms with van der Waals surface area (Å²) in [6.45, 7) is 0.190. The molecule has 0 bridgehead atoms. The minimum Gasteiger partial charge on any atom is -0.363 e. The van der Waals surface area contributed by atoms with Crippen molar-refractivity contribution in [3.8, 4) is 0 Å². The van der Waals surface area contributed by atoms with E-state index >= 15 is 0 Å². The molecule has 1 aliphatic rings. The van der Waals surface area contributed by atoms with Gasteiger partial charge in [0.2, 0.25) is 23.4 Å². The smallest absolute Gasteiger partial charge is 0.243 e. The van der Waals surface area contributed by atoms with Crippen molar-refractivity contribution in [1.29, 1.82) is 0 Å². The molecule has 2 aromatic rings. The molecule has 9 nitrogen and oxygen atoms in total. The second kappa shape index (κ2) is 11.2. The van der Waals surface area contributed by atoms with Crippen molar-refractivity contribution in [1.82, 2.24) is 20.5 Å². The SMILES string of the molecule is O=CN(O)C[C@@H](CC1CCCC1)C(=O)NNc1nc(Cl)nc(NCc2ccsc2)c1F. The Morgan fingerprint density at radius 1 is 1.39 bits per heavy atom. The third kappa shape index (κ3) is 6.74. The van der Waals surface area contributed by atoms with Crippen LogP contribution in [0.3, 0.4) is 0 Å². The highest BCUT2D eigenvalue weighted by atomic mass is 35.5. The van der Waals surface area contributed by atoms with Gasteiger partial charge in [-0.3, -0.25) is 25.6 Å². The van der Waals surface area contributed by atoms with Gasteiger partial charge >= 0.3 is 0 Å². The summed E-state index contributed by atoms with van der Waals surface area (Å²) in [6, 6.07) is 1.89. The molecule has 0 aromatic carbocycles. The molecule has 1 saturated carbocycles. The Morgan fingerprint density at radius 3 is 2.81 bits per heavy atom. The summed E-state index contributed by atoms with van der Waals surface area (Å²) < 4.78 is 14.8. The minimum absolute atomic E-state index is 0.104. The molecule has 0 spiro atoms. The molecule has 2 heterocycles. The average molecular weight is 471 g/mol. The molecule has 1 aliphatic carbocycles. The van der Waals surface area contributed by atoms with Crippen molar-refractivity contribution in [3.05, 3.63) is 33.5 Å². The first-order valence-corrected chi connectivity index (χ1v) is 11.2. The van der Waals surface area contributed by atoms with Crippen LogP contribution in [0.1, 0.15) is 37.7 Å². The number of halogens is 2. The van der Waals surface area contributed by atoms with E-state index in [1.54, 1.807) is 0 Å². The summed E-state index contributed by atoms with van der Waals surface area (Å²) in [5, 5.41) is 16.5. The van der Waals surface area contributed by atoms with Crippen molar-refractivity contribution in [3.63, 3.8) is 0 Å². The molecule has 0 radical (unpaired) electrons. The first kappa shape index (κ1) is 23.2. The lowest BCUT2D eigenvalue weighted by atomic mass is 9.92. The topological polar surface area (TPSA) is 119 Å². The minimum atomic E-state index is -0.802. The maximum Gasteiger partial charge on any atom is 0.243 e. The van der Waals surface area contributed by atoms with Crippen LogP contribution in [-0.4, -0.2) is 39.1 Å². The van der Waals surface area contributed by atoms with Gasteiger partial charge in [-0.15, -0.1) is 0 Å². The first-order chi connectivity index (χ1) is 15.0. The average Bonchev–Trinajstić information content (AvgIpc) is 3.46. The van der Waals surface area contributed by atoms with Gasteiger partial charge in [-0.25, -0.2) is 5.06 Å². The normalized spacial score (nSPS) is 14.8. The Bertz CT molecular complexity index is 882. The van der Waals surface area contributed by atoms with E-state index in [4.69, 9.17) is 11.6 Å². The van der Waals surface area contributed by atoms with Gasteiger partial charge in [-0.2, -0.15) is 25.7 Å². The lowest BCUT2D eigenvalue weighted by Crippen LogP contribution is -2.41. The van der Waals surface area contributed by atoms with E-state index in [1.807, 2.05) is 16.8 Å². The van der Waals surface area contributed by atoms with Crippen molar-refractivity contribution in [2.45, 2.75) is 38.6 Å². The van der Waals surface area contributed by atoms with E-state index in [1.165, 1.54) is 11.3 Å². The fourth-order valence-electron chi connectivity index (χ4n) is 3.60. The van der Waals surface area contributed by atoms with Gasteiger partial charge in [0.1, 0.15) is 0 Å². The predicted molar refractivity (Wildman–Crippen MR) is 115 cm³/mol. The zero-order valence-corrected chi connectivity index (χ0v) is 18.3. The molecule has 3 rings (SSSR count). The van der Waals surface area contributed by atoms with Crippen LogP contribution < -0.4 is 16.2 Å². The lowest BCUT2D eigenvalue weighted by Gasteiger charge is -2.22. The number of aromatic nitrogens is 2. The van der Waals surface area contributed by atoms with Gasteiger partial charge in [0.15, 0.2) is 11.6 Å². The zero-order chi connectivity index (χ0) is 22.2. The maximum atomic E-state index is 14.8. The zero-order valence-electron chi connectivity index (χ0n) is 16.7. The fraction of sp³-hybridized carbons (Fsp3) is 0.474. The maximum absolute atomic E-state index is 14.8. The van der Waals surface area contributed by atoms with E-state index in [9.17, 15) is 19.2 Å². The van der Waals surface area contributed by atoms with E-state index in [2.05, 4.69) is 26.1 Å². The molecule has 2 amide bonds. The Labute approximate surface area is 187 Å². The van der Waals surface area contributed by atoms with E-state index in [0.29, 0.717) is 23.9 Å². The highest BCUT2D eigenvalue weighted by Gasteiger charge is 2.27. The standard InChI is InChI=1S/C19H24ClFN6O3S/c20-19-23-16(22-8-13-5-6-31-10-13)15(21)17(24-19)25-26-18(29)14(9-27(30)11-28)7-12-3-1-2-4-12/h5-6,10-12,14,30H,1-4,7-9H2,(H,26,29)(H2,22,23,24,25)/t14-/m1/s1. The summed E-state index contributed by atoms with van der Waals surface area (Å²) in [5.41, 5.74) is 5.82. The molecule has 1 fully saturated rings. The monoisotopic (exact) mass is 470 g/mol. The van der Waals surface area contributed by atoms with Crippen molar-refractivity contribution >= 4 is 46.9 Å². The number of amides is 2. The lowest BCUT2D eigenvalue weighted by molar-refractivity contribution is -0.154. The number of rotatable bonds is 11. The summed E-state index contributed by atoms with van der Waals surface area (Å²) in [6.07, 6.45) is 4.95. The molecular formula is C19H24ClFN6O3S. The number of nitrogens with zero attached hydrogens (tertiary/aromatic N) is 3. The molecule has 31 heavy (non-hydrogen) atoms. The Balaban J connectivity index is 1.64. The summed E-state index contributed by atoms with van der Waals surface area (Å²) >= 11 is 7.42. The van der Waals surface area contributed by atoms with Gasteiger partial charge in [0, 0.05) is 6.54 Å². The number of hydrogen-bond donors (Lipinski definition) is 4. The molecule has 12 heteroatoms. The van der Waals surface area contributed by atoms with Crippen LogP contribution in [0.4, 0.5) is 16.0 Å². The summed E-state index contributed by atoms with van der Waals surface area (Å²) in [7, 11) is 0. The highest BCUT2D eigenvalue weighted by Crippen LogP contribution is 2.30.